The third-order valence-corrected chi connectivity index (χ3v) is 4.20. The van der Waals surface area contributed by atoms with Crippen molar-refractivity contribution in [3.05, 3.63) is 0 Å². The van der Waals surface area contributed by atoms with Crippen LogP contribution in [0.4, 0.5) is 0 Å². The minimum Gasteiger partial charge on any atom is -0.395 e. The maximum atomic E-state index is 9.28. The highest BCUT2D eigenvalue weighted by atomic mass is 16.3. The van der Waals surface area contributed by atoms with Gasteiger partial charge in [0.05, 0.1) is 6.61 Å². The van der Waals surface area contributed by atoms with Crippen LogP contribution in [0.3, 0.4) is 0 Å². The molecule has 0 bridgehead atoms. The smallest absolute Gasteiger partial charge is 0.0585 e. The molecular weight excluding hydrogens is 212 g/mol. The third-order valence-electron chi connectivity index (χ3n) is 4.20. The number of aliphatic hydroxyl groups is 1. The molecule has 0 aromatic heterocycles. The second-order valence-corrected chi connectivity index (χ2v) is 5.78. The van der Waals surface area contributed by atoms with Crippen molar-refractivity contribution in [2.45, 2.75) is 52.6 Å². The van der Waals surface area contributed by atoms with Crippen LogP contribution in [0.5, 0.6) is 0 Å². The molecule has 0 aromatic carbocycles. The van der Waals surface area contributed by atoms with Crippen molar-refractivity contribution in [3.8, 4) is 0 Å². The van der Waals surface area contributed by atoms with E-state index in [1.165, 1.54) is 13.0 Å². The van der Waals surface area contributed by atoms with Gasteiger partial charge in [-0.3, -0.25) is 0 Å². The van der Waals surface area contributed by atoms with E-state index in [1.54, 1.807) is 0 Å². The topological polar surface area (TPSA) is 35.5 Å². The quantitative estimate of drug-likeness (QED) is 0.744. The Bertz CT molecular complexity index is 210. The molecule has 0 radical (unpaired) electrons. The molecule has 1 saturated heterocycles. The van der Waals surface area contributed by atoms with E-state index < -0.39 is 0 Å². The summed E-state index contributed by atoms with van der Waals surface area (Å²) in [5.41, 5.74) is 0. The minimum atomic E-state index is 0.251. The SMILES string of the molecule is CCNC(CO)CCN1CC(C)CC(C)C1C. The number of hydrogen-bond donors (Lipinski definition) is 2. The first kappa shape index (κ1) is 14.9. The number of aliphatic hydroxyl groups excluding tert-OH is 1. The van der Waals surface area contributed by atoms with Gasteiger partial charge in [0.1, 0.15) is 0 Å². The lowest BCUT2D eigenvalue weighted by Gasteiger charge is -2.41. The maximum absolute atomic E-state index is 9.28. The van der Waals surface area contributed by atoms with Gasteiger partial charge in [0.15, 0.2) is 0 Å². The fourth-order valence-corrected chi connectivity index (χ4v) is 3.00. The normalized spacial score (nSPS) is 32.6. The van der Waals surface area contributed by atoms with Gasteiger partial charge in [-0.1, -0.05) is 20.8 Å². The van der Waals surface area contributed by atoms with Crippen LogP contribution < -0.4 is 5.32 Å². The minimum absolute atomic E-state index is 0.251. The van der Waals surface area contributed by atoms with Crippen molar-refractivity contribution in [1.82, 2.24) is 10.2 Å². The number of nitrogens with one attached hydrogen (secondary N) is 1. The Hall–Kier alpha value is -0.120. The lowest BCUT2D eigenvalue weighted by Crippen LogP contribution is -2.47. The van der Waals surface area contributed by atoms with Gasteiger partial charge >= 0.3 is 0 Å². The zero-order valence-corrected chi connectivity index (χ0v) is 11.9. The molecule has 0 amide bonds. The Morgan fingerprint density at radius 2 is 2.06 bits per heavy atom. The summed E-state index contributed by atoms with van der Waals surface area (Å²) in [5, 5.41) is 12.6. The fourth-order valence-electron chi connectivity index (χ4n) is 3.00. The number of nitrogens with zero attached hydrogens (tertiary/aromatic N) is 1. The summed E-state index contributed by atoms with van der Waals surface area (Å²) in [4.78, 5) is 2.60. The van der Waals surface area contributed by atoms with Gasteiger partial charge in [-0.25, -0.2) is 0 Å². The van der Waals surface area contributed by atoms with E-state index in [-0.39, 0.29) is 12.6 Å². The van der Waals surface area contributed by atoms with Gasteiger partial charge in [-0.2, -0.15) is 0 Å². The third kappa shape index (κ3) is 4.57. The van der Waals surface area contributed by atoms with Gasteiger partial charge < -0.3 is 15.3 Å². The molecule has 4 atom stereocenters. The largest absolute Gasteiger partial charge is 0.395 e. The summed E-state index contributed by atoms with van der Waals surface area (Å²) in [6, 6.07) is 0.951. The zero-order valence-electron chi connectivity index (χ0n) is 11.9. The van der Waals surface area contributed by atoms with Crippen LogP contribution in [0.1, 0.15) is 40.5 Å². The van der Waals surface area contributed by atoms with Crippen molar-refractivity contribution in [3.63, 3.8) is 0 Å². The summed E-state index contributed by atoms with van der Waals surface area (Å²) in [6.45, 7) is 12.7. The molecule has 0 aliphatic carbocycles. The summed E-state index contributed by atoms with van der Waals surface area (Å²) >= 11 is 0. The summed E-state index contributed by atoms with van der Waals surface area (Å²) in [7, 11) is 0. The summed E-state index contributed by atoms with van der Waals surface area (Å²) in [5.74, 6) is 1.61. The average Bonchev–Trinajstić information content (AvgIpc) is 2.30. The molecule has 1 rings (SSSR count). The van der Waals surface area contributed by atoms with E-state index in [9.17, 15) is 5.11 Å². The van der Waals surface area contributed by atoms with E-state index in [4.69, 9.17) is 0 Å². The number of likely N-dealkylation sites (tertiary alicyclic amines) is 1. The Kier molecular flexibility index (Phi) is 6.45. The highest BCUT2D eigenvalue weighted by Gasteiger charge is 2.28. The van der Waals surface area contributed by atoms with Gasteiger partial charge in [0, 0.05) is 25.2 Å². The van der Waals surface area contributed by atoms with Gasteiger partial charge in [0.2, 0.25) is 0 Å². The summed E-state index contributed by atoms with van der Waals surface area (Å²) < 4.78 is 0. The molecule has 4 unspecified atom stereocenters. The van der Waals surface area contributed by atoms with Crippen LogP contribution in [0, 0.1) is 11.8 Å². The Labute approximate surface area is 107 Å². The highest BCUT2D eigenvalue weighted by molar-refractivity contribution is 4.82. The second kappa shape index (κ2) is 7.34. The number of rotatable bonds is 6. The van der Waals surface area contributed by atoms with E-state index in [1.807, 2.05) is 0 Å². The van der Waals surface area contributed by atoms with E-state index in [2.05, 4.69) is 37.9 Å². The number of likely N-dealkylation sites (N-methyl/N-ethyl adjacent to an activating group) is 1. The molecule has 1 aliphatic heterocycles. The first-order valence-electron chi connectivity index (χ1n) is 7.16. The second-order valence-electron chi connectivity index (χ2n) is 5.78. The molecule has 2 N–H and O–H groups in total. The van der Waals surface area contributed by atoms with E-state index in [0.717, 1.165) is 31.3 Å². The standard InChI is InChI=1S/C14H30N2O/c1-5-15-14(10-17)6-7-16-9-11(2)8-12(3)13(16)4/h11-15,17H,5-10H2,1-4H3. The van der Waals surface area contributed by atoms with Crippen molar-refractivity contribution < 1.29 is 5.11 Å². The first-order valence-corrected chi connectivity index (χ1v) is 7.16. The number of hydrogen-bond acceptors (Lipinski definition) is 3. The van der Waals surface area contributed by atoms with Crippen LogP contribution in [-0.4, -0.2) is 48.3 Å². The molecule has 1 heterocycles. The van der Waals surface area contributed by atoms with Crippen LogP contribution in [0.15, 0.2) is 0 Å². The molecule has 0 aromatic rings. The van der Waals surface area contributed by atoms with Gasteiger partial charge in [-0.15, -0.1) is 0 Å². The van der Waals surface area contributed by atoms with Crippen LogP contribution in [0.25, 0.3) is 0 Å². The molecule has 0 spiro atoms. The monoisotopic (exact) mass is 242 g/mol. The molecule has 1 aliphatic rings. The van der Waals surface area contributed by atoms with Crippen LogP contribution >= 0.6 is 0 Å². The van der Waals surface area contributed by atoms with E-state index in [0.29, 0.717) is 6.04 Å². The highest BCUT2D eigenvalue weighted by Crippen LogP contribution is 2.26. The van der Waals surface area contributed by atoms with Crippen molar-refractivity contribution in [2.24, 2.45) is 11.8 Å². The average molecular weight is 242 g/mol. The molecule has 1 fully saturated rings. The predicted molar refractivity (Wildman–Crippen MR) is 73.1 cm³/mol. The predicted octanol–water partition coefficient (Wildman–Crippen LogP) is 1.71. The van der Waals surface area contributed by atoms with Crippen LogP contribution in [-0.2, 0) is 0 Å². The Morgan fingerprint density at radius 1 is 1.35 bits per heavy atom. The molecule has 17 heavy (non-hydrogen) atoms. The van der Waals surface area contributed by atoms with Crippen LogP contribution in [0.2, 0.25) is 0 Å². The molecular formula is C14H30N2O. The summed E-state index contributed by atoms with van der Waals surface area (Å²) in [6.07, 6.45) is 2.41. The molecule has 102 valence electrons. The molecule has 3 nitrogen and oxygen atoms in total. The van der Waals surface area contributed by atoms with Crippen molar-refractivity contribution in [1.29, 1.82) is 0 Å². The van der Waals surface area contributed by atoms with Crippen molar-refractivity contribution >= 4 is 0 Å². The van der Waals surface area contributed by atoms with Crippen molar-refractivity contribution in [2.75, 3.05) is 26.2 Å². The Morgan fingerprint density at radius 3 is 2.65 bits per heavy atom. The van der Waals surface area contributed by atoms with Gasteiger partial charge in [0.25, 0.3) is 0 Å². The van der Waals surface area contributed by atoms with Gasteiger partial charge in [-0.05, 0) is 38.1 Å². The molecule has 3 heteroatoms. The zero-order chi connectivity index (χ0) is 12.8. The van der Waals surface area contributed by atoms with E-state index >= 15 is 0 Å². The Balaban J connectivity index is 2.38. The maximum Gasteiger partial charge on any atom is 0.0585 e. The lowest BCUT2D eigenvalue weighted by atomic mass is 9.86. The fraction of sp³-hybridized carbons (Fsp3) is 1.00. The number of piperidine rings is 1. The molecule has 0 saturated carbocycles. The lowest BCUT2D eigenvalue weighted by molar-refractivity contribution is 0.0730. The first-order chi connectivity index (χ1) is 8.08.